The van der Waals surface area contributed by atoms with Gasteiger partial charge in [-0.1, -0.05) is 24.3 Å². The molecule has 0 saturated carbocycles. The van der Waals surface area contributed by atoms with E-state index in [9.17, 15) is 27.6 Å². The molecule has 3 aromatic rings. The summed E-state index contributed by atoms with van der Waals surface area (Å²) in [6.07, 6.45) is -4.10. The average molecular weight is 500 g/mol. The number of carbonyl (C=O) groups is 3. The fourth-order valence-electron chi connectivity index (χ4n) is 3.16. The highest BCUT2D eigenvalue weighted by Crippen LogP contribution is 2.34. The van der Waals surface area contributed by atoms with E-state index >= 15 is 0 Å². The molecule has 0 unspecified atom stereocenters. The van der Waals surface area contributed by atoms with Crippen molar-refractivity contribution < 1.29 is 27.6 Å². The number of likely N-dealkylation sites (N-methyl/N-ethyl adjacent to an activating group) is 1. The lowest BCUT2D eigenvalue weighted by Gasteiger charge is -2.16. The van der Waals surface area contributed by atoms with Gasteiger partial charge in [0.25, 0.3) is 17.6 Å². The lowest BCUT2D eigenvalue weighted by Crippen LogP contribution is -2.30. The molecule has 0 bridgehead atoms. The van der Waals surface area contributed by atoms with Gasteiger partial charge in [0.2, 0.25) is 5.95 Å². The molecule has 0 radical (unpaired) electrons. The Labute approximate surface area is 204 Å². The Balaban J connectivity index is 1.87. The number of rotatable bonds is 8. The topological polar surface area (TPSA) is 116 Å². The Morgan fingerprint density at radius 1 is 1.00 bits per heavy atom. The highest BCUT2D eigenvalue weighted by Gasteiger charge is 2.35. The minimum absolute atomic E-state index is 0.0702. The van der Waals surface area contributed by atoms with E-state index in [1.165, 1.54) is 45.4 Å². The molecule has 0 aliphatic rings. The first-order valence-electron chi connectivity index (χ1n) is 10.6. The zero-order valence-corrected chi connectivity index (χ0v) is 19.6. The van der Waals surface area contributed by atoms with Crippen LogP contribution in [-0.4, -0.2) is 53.6 Å². The molecule has 0 fully saturated rings. The van der Waals surface area contributed by atoms with Crippen molar-refractivity contribution in [2.75, 3.05) is 31.8 Å². The molecule has 2 aromatic carbocycles. The second-order valence-electron chi connectivity index (χ2n) is 7.77. The Bertz CT molecular complexity index is 1280. The average Bonchev–Trinajstić information content (AvgIpc) is 2.86. The zero-order chi connectivity index (χ0) is 26.5. The van der Waals surface area contributed by atoms with E-state index in [0.717, 1.165) is 4.90 Å². The number of hydrogen-bond donors (Lipinski definition) is 3. The predicted octanol–water partition coefficient (Wildman–Crippen LogP) is 3.48. The van der Waals surface area contributed by atoms with Crippen LogP contribution < -0.4 is 16.0 Å². The lowest BCUT2D eigenvalue weighted by atomic mass is 10.0. The molecule has 0 saturated heterocycles. The number of amides is 2. The van der Waals surface area contributed by atoms with Crippen LogP contribution in [-0.2, 0) is 17.5 Å². The van der Waals surface area contributed by atoms with Gasteiger partial charge in [-0.3, -0.25) is 14.4 Å². The van der Waals surface area contributed by atoms with E-state index < -0.39 is 29.2 Å². The van der Waals surface area contributed by atoms with Gasteiger partial charge in [0.1, 0.15) is 11.4 Å². The number of Topliss-reactive ketones (excluding diaryl/α,β-unsaturated/α-hetero) is 1. The van der Waals surface area contributed by atoms with Gasteiger partial charge < -0.3 is 20.9 Å². The van der Waals surface area contributed by atoms with Gasteiger partial charge in [0.15, 0.2) is 0 Å². The molecule has 3 rings (SSSR count). The predicted molar refractivity (Wildman–Crippen MR) is 127 cm³/mol. The number of hydrogen-bond acceptors (Lipinski definition) is 7. The Morgan fingerprint density at radius 3 is 2.28 bits per heavy atom. The van der Waals surface area contributed by atoms with Crippen LogP contribution in [0.2, 0.25) is 0 Å². The molecule has 1 heterocycles. The third kappa shape index (κ3) is 6.14. The molecule has 0 aliphatic carbocycles. The van der Waals surface area contributed by atoms with Gasteiger partial charge in [-0.25, -0.2) is 4.98 Å². The lowest BCUT2D eigenvalue weighted by molar-refractivity contribution is -0.137. The van der Waals surface area contributed by atoms with E-state index in [-0.39, 0.29) is 24.0 Å². The van der Waals surface area contributed by atoms with Crippen molar-refractivity contribution in [3.63, 3.8) is 0 Å². The number of nitrogens with zero attached hydrogens (tertiary/aromatic N) is 3. The van der Waals surface area contributed by atoms with Crippen LogP contribution >= 0.6 is 0 Å². The van der Waals surface area contributed by atoms with Crippen molar-refractivity contribution in [3.05, 3.63) is 77.0 Å². The third-order valence-corrected chi connectivity index (χ3v) is 5.03. The summed E-state index contributed by atoms with van der Waals surface area (Å²) in [5, 5.41) is 7.90. The summed E-state index contributed by atoms with van der Waals surface area (Å²) in [6, 6.07) is 12.3. The zero-order valence-electron chi connectivity index (χ0n) is 19.6. The monoisotopic (exact) mass is 500 g/mol. The molecule has 188 valence electrons. The van der Waals surface area contributed by atoms with Crippen molar-refractivity contribution in [1.82, 2.24) is 20.2 Å². The van der Waals surface area contributed by atoms with Crippen molar-refractivity contribution in [3.8, 4) is 0 Å². The second-order valence-corrected chi connectivity index (χ2v) is 7.77. The summed E-state index contributed by atoms with van der Waals surface area (Å²) < 4.78 is 40.8. The SMILES string of the molecule is CNC(=O)c1ccc(Nc2ncc(C(F)(F)F)c(NCc3ccccc3C(=O)C(=O)N(C)C)n2)cc1. The summed E-state index contributed by atoms with van der Waals surface area (Å²) in [5.74, 6) is -2.45. The van der Waals surface area contributed by atoms with E-state index in [1.807, 2.05) is 0 Å². The van der Waals surface area contributed by atoms with Gasteiger partial charge in [-0.2, -0.15) is 18.2 Å². The highest BCUT2D eigenvalue weighted by molar-refractivity contribution is 6.42. The maximum Gasteiger partial charge on any atom is 0.421 e. The molecule has 1 aromatic heterocycles. The van der Waals surface area contributed by atoms with Crippen LogP contribution in [0.1, 0.15) is 31.8 Å². The molecule has 3 N–H and O–H groups in total. The molecule has 0 atom stereocenters. The Kier molecular flexibility index (Phi) is 7.87. The number of benzene rings is 2. The van der Waals surface area contributed by atoms with Crippen LogP contribution in [0, 0.1) is 0 Å². The van der Waals surface area contributed by atoms with Gasteiger partial charge in [-0.05, 0) is 29.8 Å². The third-order valence-electron chi connectivity index (χ3n) is 5.03. The van der Waals surface area contributed by atoms with Crippen LogP contribution in [0.25, 0.3) is 0 Å². The van der Waals surface area contributed by atoms with Crippen molar-refractivity contribution in [1.29, 1.82) is 0 Å². The maximum absolute atomic E-state index is 13.6. The van der Waals surface area contributed by atoms with Gasteiger partial charge in [-0.15, -0.1) is 0 Å². The normalized spacial score (nSPS) is 10.9. The summed E-state index contributed by atoms with van der Waals surface area (Å²) >= 11 is 0. The second kappa shape index (κ2) is 10.8. The molecule has 36 heavy (non-hydrogen) atoms. The first-order chi connectivity index (χ1) is 17.0. The van der Waals surface area contributed by atoms with Gasteiger partial charge in [0.05, 0.1) is 0 Å². The summed E-state index contributed by atoms with van der Waals surface area (Å²) in [7, 11) is 4.35. The van der Waals surface area contributed by atoms with E-state index in [1.54, 1.807) is 24.3 Å². The van der Waals surface area contributed by atoms with Crippen LogP contribution in [0.3, 0.4) is 0 Å². The van der Waals surface area contributed by atoms with Gasteiger partial charge in [0, 0.05) is 50.7 Å². The standard InChI is InChI=1S/C24H23F3N6O3/c1-28-21(35)14-8-10-16(11-9-14)31-23-30-13-18(24(25,26)27)20(32-23)29-12-15-6-4-5-7-17(15)19(34)22(36)33(2)3/h4-11,13H,12H2,1-3H3,(H,28,35)(H2,29,30,31,32). The number of alkyl halides is 3. The van der Waals surface area contributed by atoms with Gasteiger partial charge >= 0.3 is 6.18 Å². The molecular weight excluding hydrogens is 477 g/mol. The first kappa shape index (κ1) is 26.1. The number of carbonyl (C=O) groups excluding carboxylic acids is 3. The van der Waals surface area contributed by atoms with E-state index in [2.05, 4.69) is 25.9 Å². The highest BCUT2D eigenvalue weighted by atomic mass is 19.4. The Hall–Kier alpha value is -4.48. The summed E-state index contributed by atoms with van der Waals surface area (Å²) in [5.41, 5.74) is 0.145. The van der Waals surface area contributed by atoms with E-state index in [0.29, 0.717) is 23.0 Å². The van der Waals surface area contributed by atoms with Crippen LogP contribution in [0.15, 0.2) is 54.7 Å². The number of ketones is 1. The fraction of sp³-hybridized carbons (Fsp3) is 0.208. The molecule has 9 nitrogen and oxygen atoms in total. The maximum atomic E-state index is 13.6. The number of aromatic nitrogens is 2. The molecule has 0 spiro atoms. The Morgan fingerprint density at radius 2 is 1.67 bits per heavy atom. The van der Waals surface area contributed by atoms with Crippen LogP contribution in [0.5, 0.6) is 0 Å². The van der Waals surface area contributed by atoms with Crippen molar-refractivity contribution in [2.24, 2.45) is 0 Å². The summed E-state index contributed by atoms with van der Waals surface area (Å²) in [4.78, 5) is 45.1. The smallest absolute Gasteiger partial charge is 0.365 e. The molecular formula is C24H23F3N6O3. The molecule has 12 heteroatoms. The van der Waals surface area contributed by atoms with Crippen molar-refractivity contribution in [2.45, 2.75) is 12.7 Å². The number of nitrogens with one attached hydrogen (secondary N) is 3. The minimum Gasteiger partial charge on any atom is -0.365 e. The number of anilines is 3. The fourth-order valence-corrected chi connectivity index (χ4v) is 3.16. The largest absolute Gasteiger partial charge is 0.421 e. The minimum atomic E-state index is -4.74. The quantitative estimate of drug-likeness (QED) is 0.320. The van der Waals surface area contributed by atoms with Crippen LogP contribution in [0.4, 0.5) is 30.6 Å². The first-order valence-corrected chi connectivity index (χ1v) is 10.6. The summed E-state index contributed by atoms with van der Waals surface area (Å²) in [6.45, 7) is -0.205. The molecule has 2 amide bonds. The number of halogens is 3. The van der Waals surface area contributed by atoms with Crippen molar-refractivity contribution >= 4 is 35.1 Å². The van der Waals surface area contributed by atoms with E-state index in [4.69, 9.17) is 0 Å². The molecule has 0 aliphatic heterocycles.